The lowest BCUT2D eigenvalue weighted by Gasteiger charge is -2.38. The van der Waals surface area contributed by atoms with Gasteiger partial charge in [-0.25, -0.2) is 4.39 Å². The van der Waals surface area contributed by atoms with Crippen LogP contribution in [0, 0.1) is 11.7 Å². The van der Waals surface area contributed by atoms with Gasteiger partial charge in [-0.1, -0.05) is 6.07 Å². The summed E-state index contributed by atoms with van der Waals surface area (Å²) in [6.07, 6.45) is 4.35. The molecule has 8 heteroatoms. The maximum Gasteiger partial charge on any atom is 0.262 e. The Morgan fingerprint density at radius 2 is 1.62 bits per heavy atom. The molecule has 1 aromatic heterocycles. The van der Waals surface area contributed by atoms with Gasteiger partial charge in [0.1, 0.15) is 11.9 Å². The van der Waals surface area contributed by atoms with Gasteiger partial charge in [0.25, 0.3) is 11.8 Å². The van der Waals surface area contributed by atoms with E-state index in [2.05, 4.69) is 5.32 Å². The van der Waals surface area contributed by atoms with Crippen LogP contribution in [0.5, 0.6) is 0 Å². The van der Waals surface area contributed by atoms with Gasteiger partial charge in [0.2, 0.25) is 5.91 Å². The van der Waals surface area contributed by atoms with Crippen LogP contribution in [0.25, 0.3) is 0 Å². The minimum absolute atomic E-state index is 0.0158. The van der Waals surface area contributed by atoms with Crippen molar-refractivity contribution in [2.75, 3.05) is 26.2 Å². The monoisotopic (exact) mass is 457 g/mol. The average Bonchev–Trinajstić information content (AvgIpc) is 3.38. The third-order valence-electron chi connectivity index (χ3n) is 6.35. The topological polar surface area (TPSA) is 69.7 Å². The number of nitrogens with one attached hydrogen (secondary N) is 1. The molecule has 32 heavy (non-hydrogen) atoms. The van der Waals surface area contributed by atoms with Gasteiger partial charge in [0.05, 0.1) is 4.88 Å². The molecule has 3 amide bonds. The van der Waals surface area contributed by atoms with Crippen molar-refractivity contribution in [1.82, 2.24) is 15.1 Å². The van der Waals surface area contributed by atoms with Crippen molar-refractivity contribution in [3.05, 3.63) is 58.0 Å². The molecule has 0 saturated carbocycles. The summed E-state index contributed by atoms with van der Waals surface area (Å²) in [5, 5.41) is 4.85. The Bertz CT molecular complexity index is 934. The quantitative estimate of drug-likeness (QED) is 0.747. The summed E-state index contributed by atoms with van der Waals surface area (Å²) in [4.78, 5) is 43.1. The molecule has 1 atom stereocenters. The number of piperidine rings is 2. The zero-order valence-corrected chi connectivity index (χ0v) is 18.8. The van der Waals surface area contributed by atoms with Crippen molar-refractivity contribution in [3.63, 3.8) is 0 Å². The zero-order valence-electron chi connectivity index (χ0n) is 18.0. The highest BCUT2D eigenvalue weighted by Crippen LogP contribution is 2.25. The Labute approximate surface area is 191 Å². The van der Waals surface area contributed by atoms with Gasteiger partial charge in [-0.2, -0.15) is 0 Å². The van der Waals surface area contributed by atoms with Gasteiger partial charge in [-0.3, -0.25) is 14.4 Å². The van der Waals surface area contributed by atoms with Crippen molar-refractivity contribution in [3.8, 4) is 0 Å². The molecule has 6 nitrogen and oxygen atoms in total. The van der Waals surface area contributed by atoms with Gasteiger partial charge in [0, 0.05) is 31.7 Å². The number of carbonyl (C=O) groups is 3. The summed E-state index contributed by atoms with van der Waals surface area (Å²) in [7, 11) is 0. The number of hydrogen-bond donors (Lipinski definition) is 1. The number of benzene rings is 1. The van der Waals surface area contributed by atoms with Gasteiger partial charge < -0.3 is 15.1 Å². The number of amides is 3. The Kier molecular flexibility index (Phi) is 7.19. The van der Waals surface area contributed by atoms with Gasteiger partial charge in [0.15, 0.2) is 0 Å². The molecule has 4 rings (SSSR count). The SMILES string of the molecule is O=C(N[C@H](C(=O)N1CCCCC1)C1CCN(C(=O)c2ccc(F)cc2)CC1)c1cccs1. The summed E-state index contributed by atoms with van der Waals surface area (Å²) in [5.74, 6) is -0.783. The van der Waals surface area contributed by atoms with E-state index in [1.165, 1.54) is 35.6 Å². The van der Waals surface area contributed by atoms with E-state index in [4.69, 9.17) is 0 Å². The molecular weight excluding hydrogens is 429 g/mol. The molecule has 1 N–H and O–H groups in total. The first-order chi connectivity index (χ1) is 15.5. The third-order valence-corrected chi connectivity index (χ3v) is 7.22. The van der Waals surface area contributed by atoms with Crippen molar-refractivity contribution in [1.29, 1.82) is 0 Å². The fourth-order valence-electron chi connectivity index (χ4n) is 4.52. The number of carbonyl (C=O) groups excluding carboxylic acids is 3. The minimum Gasteiger partial charge on any atom is -0.341 e. The molecular formula is C24H28FN3O3S. The molecule has 2 aliphatic heterocycles. The Morgan fingerprint density at radius 3 is 2.25 bits per heavy atom. The molecule has 170 valence electrons. The Morgan fingerprint density at radius 1 is 0.938 bits per heavy atom. The van der Waals surface area contributed by atoms with E-state index in [0.717, 1.165) is 32.4 Å². The lowest BCUT2D eigenvalue weighted by Crippen LogP contribution is -2.55. The van der Waals surface area contributed by atoms with Crippen LogP contribution in [0.3, 0.4) is 0 Å². The van der Waals surface area contributed by atoms with E-state index < -0.39 is 6.04 Å². The molecule has 0 spiro atoms. The second-order valence-corrected chi connectivity index (χ2v) is 9.40. The Balaban J connectivity index is 1.44. The summed E-state index contributed by atoms with van der Waals surface area (Å²) in [6.45, 7) is 2.46. The van der Waals surface area contributed by atoms with E-state index in [-0.39, 0.29) is 29.5 Å². The van der Waals surface area contributed by atoms with Crippen LogP contribution in [0.15, 0.2) is 41.8 Å². The van der Waals surface area contributed by atoms with Gasteiger partial charge >= 0.3 is 0 Å². The first-order valence-electron chi connectivity index (χ1n) is 11.2. The van der Waals surface area contributed by atoms with Crippen LogP contribution in [-0.2, 0) is 4.79 Å². The second-order valence-electron chi connectivity index (χ2n) is 8.45. The molecule has 0 unspecified atom stereocenters. The summed E-state index contributed by atoms with van der Waals surface area (Å²) in [6, 6.07) is 8.54. The number of halogens is 1. The zero-order chi connectivity index (χ0) is 22.5. The number of nitrogens with zero attached hydrogens (tertiary/aromatic N) is 2. The predicted octanol–water partition coefficient (Wildman–Crippen LogP) is 3.55. The van der Waals surface area contributed by atoms with Gasteiger partial charge in [-0.05, 0) is 73.7 Å². The second kappa shape index (κ2) is 10.3. The maximum absolute atomic E-state index is 13.4. The normalized spacial score (nSPS) is 18.3. The molecule has 0 radical (unpaired) electrons. The molecule has 2 saturated heterocycles. The predicted molar refractivity (Wildman–Crippen MR) is 121 cm³/mol. The van der Waals surface area contributed by atoms with Crippen LogP contribution in [0.1, 0.15) is 52.1 Å². The maximum atomic E-state index is 13.4. The number of rotatable bonds is 5. The molecule has 1 aromatic carbocycles. The molecule has 2 aromatic rings. The highest BCUT2D eigenvalue weighted by molar-refractivity contribution is 7.12. The summed E-state index contributed by atoms with van der Waals surface area (Å²) >= 11 is 1.35. The van der Waals surface area contributed by atoms with Crippen molar-refractivity contribution >= 4 is 29.1 Å². The lowest BCUT2D eigenvalue weighted by molar-refractivity contribution is -0.136. The fraction of sp³-hybridized carbons (Fsp3) is 0.458. The Hall–Kier alpha value is -2.74. The molecule has 2 aliphatic rings. The largest absolute Gasteiger partial charge is 0.341 e. The average molecular weight is 458 g/mol. The van der Waals surface area contributed by atoms with E-state index in [1.54, 1.807) is 11.0 Å². The summed E-state index contributed by atoms with van der Waals surface area (Å²) in [5.41, 5.74) is 0.455. The van der Waals surface area contributed by atoms with E-state index in [1.807, 2.05) is 16.3 Å². The number of thiophene rings is 1. The lowest BCUT2D eigenvalue weighted by atomic mass is 9.87. The summed E-state index contributed by atoms with van der Waals surface area (Å²) < 4.78 is 13.2. The van der Waals surface area contributed by atoms with E-state index in [9.17, 15) is 18.8 Å². The highest BCUT2D eigenvalue weighted by atomic mass is 32.1. The number of likely N-dealkylation sites (tertiary alicyclic amines) is 2. The molecule has 3 heterocycles. The van der Waals surface area contributed by atoms with Crippen LogP contribution in [0.4, 0.5) is 4.39 Å². The van der Waals surface area contributed by atoms with Crippen molar-refractivity contribution in [2.24, 2.45) is 5.92 Å². The minimum atomic E-state index is -0.592. The van der Waals surface area contributed by atoms with E-state index in [0.29, 0.717) is 36.4 Å². The third kappa shape index (κ3) is 5.18. The molecule has 0 aliphatic carbocycles. The molecule has 0 bridgehead atoms. The van der Waals surface area contributed by atoms with Crippen LogP contribution in [0.2, 0.25) is 0 Å². The first-order valence-corrected chi connectivity index (χ1v) is 12.1. The molecule has 2 fully saturated rings. The first kappa shape index (κ1) is 22.5. The number of hydrogen-bond acceptors (Lipinski definition) is 4. The van der Waals surface area contributed by atoms with Crippen LogP contribution < -0.4 is 5.32 Å². The smallest absolute Gasteiger partial charge is 0.262 e. The standard InChI is InChI=1S/C24H28FN3O3S/c25-19-8-6-18(7-9-19)23(30)28-14-10-17(11-15-28)21(24(31)27-12-2-1-3-13-27)26-22(29)20-5-4-16-32-20/h4-9,16-17,21H,1-3,10-15H2,(H,26,29)/t21-/m0/s1. The van der Waals surface area contributed by atoms with Crippen LogP contribution >= 0.6 is 11.3 Å². The van der Waals surface area contributed by atoms with Crippen LogP contribution in [-0.4, -0.2) is 59.7 Å². The van der Waals surface area contributed by atoms with Crippen molar-refractivity contribution in [2.45, 2.75) is 38.1 Å². The van der Waals surface area contributed by atoms with Gasteiger partial charge in [-0.15, -0.1) is 11.3 Å². The van der Waals surface area contributed by atoms with Crippen molar-refractivity contribution < 1.29 is 18.8 Å². The highest BCUT2D eigenvalue weighted by Gasteiger charge is 2.36. The van der Waals surface area contributed by atoms with E-state index >= 15 is 0 Å². The fourth-order valence-corrected chi connectivity index (χ4v) is 5.15.